The minimum Gasteiger partial charge on any atom is -0.479 e. The molecule has 1 aromatic carbocycles. The van der Waals surface area contributed by atoms with Crippen molar-refractivity contribution in [1.82, 2.24) is 0 Å². The quantitative estimate of drug-likeness (QED) is 0.850. The molecule has 0 aliphatic heterocycles. The van der Waals surface area contributed by atoms with Crippen molar-refractivity contribution in [3.8, 4) is 0 Å². The van der Waals surface area contributed by atoms with Gasteiger partial charge >= 0.3 is 5.97 Å². The zero-order valence-electron chi connectivity index (χ0n) is 9.98. The maximum absolute atomic E-state index is 15.1. The highest BCUT2D eigenvalue weighted by atomic mass is 35.5. The zero-order chi connectivity index (χ0) is 13.2. The zero-order valence-corrected chi connectivity index (χ0v) is 10.7. The molecule has 1 N–H and O–H groups in total. The first kappa shape index (κ1) is 13.3. The normalized spacial score (nSPS) is 27.4. The third-order valence-corrected chi connectivity index (χ3v) is 4.22. The van der Waals surface area contributed by atoms with Crippen LogP contribution in [0.1, 0.15) is 31.2 Å². The number of rotatable bonds is 3. The van der Waals surface area contributed by atoms with Crippen molar-refractivity contribution in [3.05, 3.63) is 35.9 Å². The molecule has 1 aliphatic carbocycles. The van der Waals surface area contributed by atoms with Crippen LogP contribution in [0.4, 0.5) is 4.39 Å². The Kier molecular flexibility index (Phi) is 3.91. The van der Waals surface area contributed by atoms with E-state index >= 15 is 4.39 Å². The smallest absolute Gasteiger partial charge is 0.346 e. The van der Waals surface area contributed by atoms with Gasteiger partial charge in [0.2, 0.25) is 5.67 Å². The van der Waals surface area contributed by atoms with Gasteiger partial charge in [-0.05, 0) is 12.8 Å². The van der Waals surface area contributed by atoms with E-state index in [4.69, 9.17) is 11.6 Å². The summed E-state index contributed by atoms with van der Waals surface area (Å²) in [5.41, 5.74) is -2.19. The number of hydrogen-bond acceptors (Lipinski definition) is 1. The fourth-order valence-corrected chi connectivity index (χ4v) is 3.16. The second-order valence-corrected chi connectivity index (χ2v) is 5.35. The molecule has 0 saturated heterocycles. The molecule has 0 radical (unpaired) electrons. The van der Waals surface area contributed by atoms with E-state index in [1.54, 1.807) is 18.2 Å². The summed E-state index contributed by atoms with van der Waals surface area (Å²) in [6.07, 6.45) is 2.97. The number of hydrogen-bond donors (Lipinski definition) is 1. The second kappa shape index (κ2) is 5.27. The number of carboxylic acid groups (broad SMARTS) is 1. The highest BCUT2D eigenvalue weighted by Crippen LogP contribution is 2.44. The van der Waals surface area contributed by atoms with Crippen LogP contribution in [-0.2, 0) is 10.5 Å². The van der Waals surface area contributed by atoms with Crippen molar-refractivity contribution < 1.29 is 14.3 Å². The van der Waals surface area contributed by atoms with E-state index in [1.807, 2.05) is 0 Å². The van der Waals surface area contributed by atoms with Crippen molar-refractivity contribution in [2.75, 3.05) is 0 Å². The Bertz CT molecular complexity index is 423. The van der Waals surface area contributed by atoms with E-state index in [1.165, 1.54) is 12.1 Å². The summed E-state index contributed by atoms with van der Waals surface area (Å²) >= 11 is 6.16. The molecule has 4 heteroatoms. The SMILES string of the molecule is O=C(O)C(F)(c1ccccc1)C1CCCCC1Cl. The van der Waals surface area contributed by atoms with Gasteiger partial charge < -0.3 is 5.11 Å². The molecule has 0 heterocycles. The average Bonchev–Trinajstić information content (AvgIpc) is 2.39. The number of alkyl halides is 2. The highest BCUT2D eigenvalue weighted by molar-refractivity contribution is 6.21. The molecule has 3 atom stereocenters. The van der Waals surface area contributed by atoms with Crippen molar-refractivity contribution >= 4 is 17.6 Å². The second-order valence-electron chi connectivity index (χ2n) is 4.79. The van der Waals surface area contributed by atoms with Gasteiger partial charge in [0.15, 0.2) is 0 Å². The van der Waals surface area contributed by atoms with Crippen molar-refractivity contribution in [2.45, 2.75) is 36.7 Å². The predicted molar refractivity (Wildman–Crippen MR) is 68.5 cm³/mol. The average molecular weight is 271 g/mol. The van der Waals surface area contributed by atoms with E-state index in [0.717, 1.165) is 12.8 Å². The summed E-state index contributed by atoms with van der Waals surface area (Å²) in [5.74, 6) is -2.10. The fraction of sp³-hybridized carbons (Fsp3) is 0.500. The molecular weight excluding hydrogens is 255 g/mol. The predicted octanol–water partition coefficient (Wildman–Crippen LogP) is 3.73. The van der Waals surface area contributed by atoms with E-state index in [-0.39, 0.29) is 5.56 Å². The Morgan fingerprint density at radius 1 is 1.28 bits per heavy atom. The summed E-state index contributed by atoms with van der Waals surface area (Å²) in [4.78, 5) is 11.4. The van der Waals surface area contributed by atoms with Gasteiger partial charge in [0.05, 0.1) is 0 Å². The standard InChI is InChI=1S/C14H16ClFO2/c15-12-9-5-4-8-11(12)14(16,13(17)18)10-6-2-1-3-7-10/h1-3,6-7,11-12H,4-5,8-9H2,(H,17,18). The first-order valence-corrected chi connectivity index (χ1v) is 6.62. The molecule has 0 spiro atoms. The molecule has 3 unspecified atom stereocenters. The van der Waals surface area contributed by atoms with Crippen LogP contribution in [0.25, 0.3) is 0 Å². The summed E-state index contributed by atoms with van der Waals surface area (Å²) in [6.45, 7) is 0. The van der Waals surface area contributed by atoms with Gasteiger partial charge in [-0.3, -0.25) is 0 Å². The molecule has 1 saturated carbocycles. The third kappa shape index (κ3) is 2.24. The Morgan fingerprint density at radius 3 is 2.44 bits per heavy atom. The molecule has 2 nitrogen and oxygen atoms in total. The van der Waals surface area contributed by atoms with E-state index in [2.05, 4.69) is 0 Å². The minimum absolute atomic E-state index is 0.190. The van der Waals surface area contributed by atoms with Gasteiger partial charge in [-0.25, -0.2) is 9.18 Å². The van der Waals surface area contributed by atoms with Crippen LogP contribution >= 0.6 is 11.6 Å². The first-order chi connectivity index (χ1) is 8.56. The van der Waals surface area contributed by atoms with Crippen LogP contribution in [0.5, 0.6) is 0 Å². The van der Waals surface area contributed by atoms with Gasteiger partial charge in [-0.2, -0.15) is 0 Å². The maximum atomic E-state index is 15.1. The van der Waals surface area contributed by atoms with E-state index in [9.17, 15) is 9.90 Å². The summed E-state index contributed by atoms with van der Waals surface area (Å²) in [6, 6.07) is 8.08. The van der Waals surface area contributed by atoms with Crippen molar-refractivity contribution in [1.29, 1.82) is 0 Å². The number of carboxylic acids is 1. The van der Waals surface area contributed by atoms with Crippen LogP contribution in [0.3, 0.4) is 0 Å². The first-order valence-electron chi connectivity index (χ1n) is 6.18. The Morgan fingerprint density at radius 2 is 1.89 bits per heavy atom. The number of benzene rings is 1. The lowest BCUT2D eigenvalue weighted by atomic mass is 9.74. The number of halogens is 2. The molecule has 1 fully saturated rings. The number of aliphatic carboxylic acids is 1. The van der Waals surface area contributed by atoms with Crippen molar-refractivity contribution in [3.63, 3.8) is 0 Å². The van der Waals surface area contributed by atoms with Crippen molar-refractivity contribution in [2.24, 2.45) is 5.92 Å². The van der Waals surface area contributed by atoms with Gasteiger partial charge in [-0.15, -0.1) is 11.6 Å². The van der Waals surface area contributed by atoms with Crippen LogP contribution in [-0.4, -0.2) is 16.5 Å². The van der Waals surface area contributed by atoms with Crippen LogP contribution in [0, 0.1) is 5.92 Å². The van der Waals surface area contributed by atoms with E-state index < -0.39 is 22.9 Å². The molecule has 1 aliphatic rings. The fourth-order valence-electron chi connectivity index (χ4n) is 2.71. The number of carbonyl (C=O) groups is 1. The van der Waals surface area contributed by atoms with Crippen LogP contribution < -0.4 is 0 Å². The Hall–Kier alpha value is -1.09. The molecule has 18 heavy (non-hydrogen) atoms. The minimum atomic E-state index is -2.38. The lowest BCUT2D eigenvalue weighted by Crippen LogP contribution is -2.44. The molecule has 1 aromatic rings. The lowest BCUT2D eigenvalue weighted by Gasteiger charge is -2.36. The van der Waals surface area contributed by atoms with Crippen LogP contribution in [0.2, 0.25) is 0 Å². The topological polar surface area (TPSA) is 37.3 Å². The molecule has 0 amide bonds. The summed E-state index contributed by atoms with van der Waals surface area (Å²) in [5, 5.41) is 8.91. The Labute approximate surface area is 111 Å². The Balaban J connectivity index is 2.41. The maximum Gasteiger partial charge on any atom is 0.346 e. The van der Waals surface area contributed by atoms with E-state index in [0.29, 0.717) is 12.8 Å². The molecule has 0 bridgehead atoms. The van der Waals surface area contributed by atoms with Gasteiger partial charge in [0, 0.05) is 16.9 Å². The molecule has 0 aromatic heterocycles. The van der Waals surface area contributed by atoms with Gasteiger partial charge in [-0.1, -0.05) is 43.2 Å². The molecule has 2 rings (SSSR count). The highest BCUT2D eigenvalue weighted by Gasteiger charge is 2.51. The molecule has 98 valence electrons. The third-order valence-electron chi connectivity index (χ3n) is 3.70. The molecular formula is C14H16ClFO2. The van der Waals surface area contributed by atoms with Gasteiger partial charge in [0.1, 0.15) is 0 Å². The summed E-state index contributed by atoms with van der Waals surface area (Å²) in [7, 11) is 0. The summed E-state index contributed by atoms with van der Waals surface area (Å²) < 4.78 is 15.1. The van der Waals surface area contributed by atoms with Crippen LogP contribution in [0.15, 0.2) is 30.3 Å². The lowest BCUT2D eigenvalue weighted by molar-refractivity contribution is -0.157. The van der Waals surface area contributed by atoms with Gasteiger partial charge in [0.25, 0.3) is 0 Å². The monoisotopic (exact) mass is 270 g/mol. The largest absolute Gasteiger partial charge is 0.479 e.